The lowest BCUT2D eigenvalue weighted by molar-refractivity contribution is 1.18. The van der Waals surface area contributed by atoms with Crippen LogP contribution in [0.15, 0.2) is 115 Å². The van der Waals surface area contributed by atoms with Crippen molar-refractivity contribution in [2.45, 2.75) is 0 Å². The van der Waals surface area contributed by atoms with Crippen LogP contribution in [0.4, 0.5) is 0 Å². The molecule has 0 aliphatic carbocycles. The van der Waals surface area contributed by atoms with E-state index in [9.17, 15) is 0 Å². The molecule has 0 unspecified atom stereocenters. The first kappa shape index (κ1) is 16.1. The van der Waals surface area contributed by atoms with Crippen molar-refractivity contribution >= 4 is 32.6 Å². The van der Waals surface area contributed by atoms with Crippen LogP contribution in [0.1, 0.15) is 0 Å². The lowest BCUT2D eigenvalue weighted by atomic mass is 9.96. The predicted octanol–water partition coefficient (Wildman–Crippen LogP) is 7.60. The zero-order chi connectivity index (χ0) is 19.2. The molecule has 5 aromatic carbocycles. The number of fused-ring (bicyclic) bond motifs is 4. The van der Waals surface area contributed by atoms with Crippen LogP contribution in [0.2, 0.25) is 0 Å². The maximum atomic E-state index is 2.40. The molecule has 29 heavy (non-hydrogen) atoms. The zero-order valence-corrected chi connectivity index (χ0v) is 15.9. The van der Waals surface area contributed by atoms with Crippen LogP contribution in [-0.4, -0.2) is 4.57 Å². The highest BCUT2D eigenvalue weighted by Crippen LogP contribution is 2.39. The van der Waals surface area contributed by atoms with Gasteiger partial charge in [0.2, 0.25) is 0 Å². The molecule has 1 heterocycles. The second-order valence-electron chi connectivity index (χ2n) is 7.42. The van der Waals surface area contributed by atoms with Crippen LogP contribution < -0.4 is 0 Å². The normalized spacial score (nSPS) is 11.4. The van der Waals surface area contributed by atoms with Crippen LogP contribution in [0.5, 0.6) is 0 Å². The molecule has 1 aromatic heterocycles. The van der Waals surface area contributed by atoms with Gasteiger partial charge >= 0.3 is 0 Å². The van der Waals surface area contributed by atoms with Gasteiger partial charge in [-0.15, -0.1) is 0 Å². The Bertz CT molecular complexity index is 1480. The van der Waals surface area contributed by atoms with Gasteiger partial charge in [0, 0.05) is 22.0 Å². The molecule has 0 saturated heterocycles. The summed E-state index contributed by atoms with van der Waals surface area (Å²) in [7, 11) is 0. The Morgan fingerprint density at radius 2 is 1.03 bits per heavy atom. The van der Waals surface area contributed by atoms with Gasteiger partial charge in [0.05, 0.1) is 11.0 Å². The number of para-hydroxylation sites is 3. The van der Waals surface area contributed by atoms with Gasteiger partial charge in [0.1, 0.15) is 0 Å². The van der Waals surface area contributed by atoms with Crippen molar-refractivity contribution in [3.05, 3.63) is 115 Å². The second kappa shape index (κ2) is 6.35. The van der Waals surface area contributed by atoms with Crippen molar-refractivity contribution in [1.29, 1.82) is 0 Å². The van der Waals surface area contributed by atoms with Crippen LogP contribution in [-0.2, 0) is 0 Å². The molecule has 6 aromatic rings. The van der Waals surface area contributed by atoms with E-state index < -0.39 is 0 Å². The fourth-order valence-corrected chi connectivity index (χ4v) is 4.54. The van der Waals surface area contributed by atoms with Crippen LogP contribution in [0.25, 0.3) is 49.4 Å². The molecule has 6 rings (SSSR count). The van der Waals surface area contributed by atoms with E-state index in [0.29, 0.717) is 0 Å². The summed E-state index contributed by atoms with van der Waals surface area (Å²) < 4.78 is 2.40. The predicted molar refractivity (Wildman–Crippen MR) is 124 cm³/mol. The Kier molecular flexibility index (Phi) is 3.54. The molecule has 1 heteroatoms. The third kappa shape index (κ3) is 2.41. The molecule has 1 nitrogen and oxygen atoms in total. The molecule has 0 N–H and O–H groups in total. The first-order valence-corrected chi connectivity index (χ1v) is 9.97. The Morgan fingerprint density at radius 3 is 1.93 bits per heavy atom. The summed E-state index contributed by atoms with van der Waals surface area (Å²) in [5, 5.41) is 5.13. The molecule has 0 aliphatic rings. The van der Waals surface area contributed by atoms with Crippen LogP contribution in [0, 0.1) is 0 Å². The molecule has 0 saturated carbocycles. The van der Waals surface area contributed by atoms with Gasteiger partial charge in [0.25, 0.3) is 0 Å². The lowest BCUT2D eigenvalue weighted by Gasteiger charge is -2.13. The average Bonchev–Trinajstić information content (AvgIpc) is 3.14. The monoisotopic (exact) mass is 369 g/mol. The lowest BCUT2D eigenvalue weighted by Crippen LogP contribution is -1.95. The van der Waals surface area contributed by atoms with E-state index in [0.717, 1.165) is 0 Å². The molecule has 136 valence electrons. The Balaban J connectivity index is 1.82. The van der Waals surface area contributed by atoms with Crippen molar-refractivity contribution in [3.8, 4) is 16.8 Å². The van der Waals surface area contributed by atoms with E-state index in [1.54, 1.807) is 0 Å². The molecular formula is C28H19N. The Hall–Kier alpha value is -3.84. The summed E-state index contributed by atoms with van der Waals surface area (Å²) in [5.41, 5.74) is 6.22. The van der Waals surface area contributed by atoms with Crippen molar-refractivity contribution in [1.82, 2.24) is 4.57 Å². The molecular weight excluding hydrogens is 350 g/mol. The molecule has 0 amide bonds. The van der Waals surface area contributed by atoms with E-state index in [1.165, 1.54) is 49.4 Å². The summed E-state index contributed by atoms with van der Waals surface area (Å²) in [6.07, 6.45) is 0. The number of hydrogen-bond acceptors (Lipinski definition) is 0. The minimum atomic E-state index is 1.19. The quantitative estimate of drug-likeness (QED) is 0.296. The number of nitrogens with zero attached hydrogens (tertiary/aromatic N) is 1. The van der Waals surface area contributed by atoms with Gasteiger partial charge in [-0.1, -0.05) is 97.1 Å². The second-order valence-corrected chi connectivity index (χ2v) is 7.42. The molecule has 0 radical (unpaired) electrons. The smallest absolute Gasteiger partial charge is 0.0619 e. The standard InChI is InChI=1S/C28H19N/c1-2-12-21(13-3-1)29-27-19-7-6-15-24(27)26-18-9-17-25(28(26)29)23-16-8-11-20-10-4-5-14-22(20)23/h1-19H. The summed E-state index contributed by atoms with van der Waals surface area (Å²) in [6, 6.07) is 41.3. The van der Waals surface area contributed by atoms with Crippen LogP contribution >= 0.6 is 0 Å². The van der Waals surface area contributed by atoms with Gasteiger partial charge in [-0.3, -0.25) is 0 Å². The highest BCUT2D eigenvalue weighted by Gasteiger charge is 2.16. The van der Waals surface area contributed by atoms with Crippen LogP contribution in [0.3, 0.4) is 0 Å². The third-order valence-corrected chi connectivity index (χ3v) is 5.79. The SMILES string of the molecule is c1ccc(-n2c3ccccc3c3cccc(-c4cccc5ccccc45)c32)cc1. The maximum Gasteiger partial charge on any atom is 0.0619 e. The fraction of sp³-hybridized carbons (Fsp3) is 0. The maximum absolute atomic E-state index is 2.40. The van der Waals surface area contributed by atoms with E-state index in [4.69, 9.17) is 0 Å². The topological polar surface area (TPSA) is 4.93 Å². The Morgan fingerprint density at radius 1 is 0.414 bits per heavy atom. The minimum Gasteiger partial charge on any atom is -0.309 e. The van der Waals surface area contributed by atoms with E-state index in [1.807, 2.05) is 0 Å². The summed E-state index contributed by atoms with van der Waals surface area (Å²) in [5.74, 6) is 0. The van der Waals surface area contributed by atoms with Gasteiger partial charge < -0.3 is 4.57 Å². The number of rotatable bonds is 2. The van der Waals surface area contributed by atoms with Crippen molar-refractivity contribution < 1.29 is 0 Å². The molecule has 0 aliphatic heterocycles. The van der Waals surface area contributed by atoms with Gasteiger partial charge in [0.15, 0.2) is 0 Å². The zero-order valence-electron chi connectivity index (χ0n) is 15.9. The third-order valence-electron chi connectivity index (χ3n) is 5.79. The number of hydrogen-bond donors (Lipinski definition) is 0. The fourth-order valence-electron chi connectivity index (χ4n) is 4.54. The first-order valence-electron chi connectivity index (χ1n) is 9.97. The molecule has 0 atom stereocenters. The molecule has 0 fully saturated rings. The van der Waals surface area contributed by atoms with E-state index >= 15 is 0 Å². The number of aromatic nitrogens is 1. The average molecular weight is 369 g/mol. The van der Waals surface area contributed by atoms with Crippen molar-refractivity contribution in [2.75, 3.05) is 0 Å². The van der Waals surface area contributed by atoms with Crippen molar-refractivity contribution in [3.63, 3.8) is 0 Å². The van der Waals surface area contributed by atoms with E-state index in [2.05, 4.69) is 120 Å². The largest absolute Gasteiger partial charge is 0.309 e. The van der Waals surface area contributed by atoms with Gasteiger partial charge in [-0.25, -0.2) is 0 Å². The minimum absolute atomic E-state index is 1.19. The Labute approximate surface area is 169 Å². The highest BCUT2D eigenvalue weighted by molar-refractivity contribution is 6.15. The molecule has 0 spiro atoms. The summed E-state index contributed by atoms with van der Waals surface area (Å²) >= 11 is 0. The number of benzene rings is 5. The van der Waals surface area contributed by atoms with E-state index in [-0.39, 0.29) is 0 Å². The first-order chi connectivity index (χ1) is 14.4. The highest BCUT2D eigenvalue weighted by atomic mass is 15.0. The summed E-state index contributed by atoms with van der Waals surface area (Å²) in [6.45, 7) is 0. The van der Waals surface area contributed by atoms with Crippen molar-refractivity contribution in [2.24, 2.45) is 0 Å². The summed E-state index contributed by atoms with van der Waals surface area (Å²) in [4.78, 5) is 0. The molecule has 0 bridgehead atoms. The van der Waals surface area contributed by atoms with Gasteiger partial charge in [-0.05, 0) is 34.5 Å². The van der Waals surface area contributed by atoms with Gasteiger partial charge in [-0.2, -0.15) is 0 Å².